The molecule has 0 saturated heterocycles. The van der Waals surface area contributed by atoms with E-state index < -0.39 is 97.5 Å². The monoisotopic (exact) mass is 1450 g/mol. The van der Waals surface area contributed by atoms with Crippen molar-refractivity contribution < 1.29 is 80.2 Å². The number of rotatable bonds is 78. The number of hydrogen-bond acceptors (Lipinski definition) is 15. The van der Waals surface area contributed by atoms with Crippen LogP contribution in [0.25, 0.3) is 0 Å². The van der Waals surface area contributed by atoms with Gasteiger partial charge in [0.05, 0.1) is 26.4 Å². The van der Waals surface area contributed by atoms with Crippen LogP contribution in [0.15, 0.2) is 0 Å². The second-order valence-electron chi connectivity index (χ2n) is 30.2. The fourth-order valence-electron chi connectivity index (χ4n) is 12.3. The highest BCUT2D eigenvalue weighted by molar-refractivity contribution is 7.47. The first-order valence-corrected chi connectivity index (χ1v) is 44.3. The van der Waals surface area contributed by atoms with Crippen LogP contribution in [0.2, 0.25) is 0 Å². The standard InChI is InChI=1S/C80H156O17P2/c1-8-9-10-11-12-13-14-15-16-17-18-19-20-25-35-42-49-56-63-79(84)96-75(67-90-77(82)61-54-47-40-33-26-21-23-30-37-44-51-58-71(2)3)69-94-98(86,87)92-65-74(81)66-93-99(88,89)95-70-76(68-91-78(83)62-55-48-41-34-29-28-32-39-46-53-60-73(6)7)97-80(85)64-57-50-43-36-27-22-24-31-38-45-52-59-72(4)5/h71-76,81H,8-70H2,1-7H3,(H,86,87)(H,88,89)/t74-,75-,76-/m1/s1. The molecule has 0 heterocycles. The lowest BCUT2D eigenvalue weighted by Gasteiger charge is -2.21. The van der Waals surface area contributed by atoms with Gasteiger partial charge in [-0.3, -0.25) is 37.3 Å². The van der Waals surface area contributed by atoms with Gasteiger partial charge in [-0.15, -0.1) is 0 Å². The lowest BCUT2D eigenvalue weighted by Crippen LogP contribution is -2.30. The smallest absolute Gasteiger partial charge is 0.462 e. The van der Waals surface area contributed by atoms with Gasteiger partial charge < -0.3 is 33.8 Å². The van der Waals surface area contributed by atoms with E-state index in [-0.39, 0.29) is 25.7 Å². The van der Waals surface area contributed by atoms with Crippen LogP contribution in [0.5, 0.6) is 0 Å². The summed E-state index contributed by atoms with van der Waals surface area (Å²) in [5, 5.41) is 10.6. The predicted molar refractivity (Wildman–Crippen MR) is 405 cm³/mol. The fraction of sp³-hybridized carbons (Fsp3) is 0.950. The molecule has 19 heteroatoms. The maximum atomic E-state index is 13.1. The Morgan fingerprint density at radius 2 is 0.465 bits per heavy atom. The van der Waals surface area contributed by atoms with Crippen LogP contribution < -0.4 is 0 Å². The van der Waals surface area contributed by atoms with Crippen LogP contribution in [-0.4, -0.2) is 96.7 Å². The number of hydrogen-bond donors (Lipinski definition) is 3. The Kier molecular flexibility index (Phi) is 69.0. The van der Waals surface area contributed by atoms with Crippen molar-refractivity contribution in [1.82, 2.24) is 0 Å². The molecule has 0 aliphatic heterocycles. The Morgan fingerprint density at radius 1 is 0.273 bits per heavy atom. The number of carbonyl (C=O) groups excluding carboxylic acids is 4. The van der Waals surface area contributed by atoms with Crippen molar-refractivity contribution in [2.45, 2.75) is 433 Å². The molecule has 0 aromatic carbocycles. The van der Waals surface area contributed by atoms with Gasteiger partial charge in [0.2, 0.25) is 0 Å². The van der Waals surface area contributed by atoms with Gasteiger partial charge in [0.25, 0.3) is 0 Å². The number of esters is 4. The molecular formula is C80H156O17P2. The normalized spacial score (nSPS) is 14.0. The number of unbranched alkanes of at least 4 members (excludes halogenated alkanes) is 46. The summed E-state index contributed by atoms with van der Waals surface area (Å²) < 4.78 is 68.7. The van der Waals surface area contributed by atoms with Crippen molar-refractivity contribution in [3.05, 3.63) is 0 Å². The Bertz CT molecular complexity index is 1920. The molecule has 0 aliphatic rings. The summed E-state index contributed by atoms with van der Waals surface area (Å²) in [6.45, 7) is 11.9. The van der Waals surface area contributed by atoms with Gasteiger partial charge in [0.15, 0.2) is 12.2 Å². The zero-order valence-electron chi connectivity index (χ0n) is 65.0. The SMILES string of the molecule is CCCCCCCCCCCCCCCCCCCCC(=O)O[C@H](COC(=O)CCCCCCCCCCCCCC(C)C)COP(=O)(O)OC[C@@H](O)COP(=O)(O)OC[C@@H](COC(=O)CCCCCCCCCCCCC(C)C)OC(=O)CCCCCCCCCCCCCC(C)C. The number of phosphoric ester groups is 2. The molecule has 3 N–H and O–H groups in total. The largest absolute Gasteiger partial charge is 0.472 e. The maximum Gasteiger partial charge on any atom is 0.472 e. The summed E-state index contributed by atoms with van der Waals surface area (Å²) in [4.78, 5) is 73.0. The van der Waals surface area contributed by atoms with Crippen molar-refractivity contribution in [2.24, 2.45) is 17.8 Å². The Labute approximate surface area is 607 Å². The van der Waals surface area contributed by atoms with E-state index in [9.17, 15) is 43.2 Å². The van der Waals surface area contributed by atoms with Crippen molar-refractivity contribution >= 4 is 39.5 Å². The van der Waals surface area contributed by atoms with E-state index in [0.717, 1.165) is 108 Å². The first kappa shape index (κ1) is 97.1. The van der Waals surface area contributed by atoms with Gasteiger partial charge in [0, 0.05) is 25.7 Å². The highest BCUT2D eigenvalue weighted by Crippen LogP contribution is 2.45. The molecule has 0 rings (SSSR count). The van der Waals surface area contributed by atoms with Crippen molar-refractivity contribution in [3.8, 4) is 0 Å². The quantitative estimate of drug-likeness (QED) is 0.0222. The van der Waals surface area contributed by atoms with Gasteiger partial charge >= 0.3 is 39.5 Å². The topological polar surface area (TPSA) is 237 Å². The van der Waals surface area contributed by atoms with Gasteiger partial charge in [-0.2, -0.15) is 0 Å². The van der Waals surface area contributed by atoms with Crippen LogP contribution in [0.1, 0.15) is 414 Å². The molecule has 0 aromatic rings. The van der Waals surface area contributed by atoms with Gasteiger partial charge in [-0.05, 0) is 43.4 Å². The summed E-state index contributed by atoms with van der Waals surface area (Å²) in [6.07, 6.45) is 58.2. The van der Waals surface area contributed by atoms with E-state index in [0.29, 0.717) is 25.7 Å². The highest BCUT2D eigenvalue weighted by atomic mass is 31.2. The number of aliphatic hydroxyl groups excluding tert-OH is 1. The third-order valence-corrected chi connectivity index (χ3v) is 20.5. The average molecular weight is 1450 g/mol. The molecule has 5 atom stereocenters. The summed E-state index contributed by atoms with van der Waals surface area (Å²) in [7, 11) is -9.92. The molecule has 0 fully saturated rings. The molecule has 0 radical (unpaired) electrons. The van der Waals surface area contributed by atoms with Gasteiger partial charge in [-0.25, -0.2) is 9.13 Å². The minimum atomic E-state index is -4.96. The zero-order chi connectivity index (χ0) is 73.0. The minimum Gasteiger partial charge on any atom is -0.462 e. The molecule has 0 saturated carbocycles. The molecule has 588 valence electrons. The average Bonchev–Trinajstić information content (AvgIpc) is 0.971. The second kappa shape index (κ2) is 70.4. The third kappa shape index (κ3) is 74.1. The van der Waals surface area contributed by atoms with Crippen LogP contribution in [0.3, 0.4) is 0 Å². The van der Waals surface area contributed by atoms with E-state index in [1.807, 2.05) is 0 Å². The first-order valence-electron chi connectivity index (χ1n) is 41.3. The zero-order valence-corrected chi connectivity index (χ0v) is 66.8. The van der Waals surface area contributed by atoms with Crippen LogP contribution in [0.4, 0.5) is 0 Å². The molecule has 0 spiro atoms. The summed E-state index contributed by atoms with van der Waals surface area (Å²) in [5.74, 6) is 0.184. The Hall–Kier alpha value is -1.94. The predicted octanol–water partition coefficient (Wildman–Crippen LogP) is 23.7. The summed E-state index contributed by atoms with van der Waals surface area (Å²) >= 11 is 0. The molecule has 2 unspecified atom stereocenters. The summed E-state index contributed by atoms with van der Waals surface area (Å²) in [5.41, 5.74) is 0. The van der Waals surface area contributed by atoms with Crippen LogP contribution >= 0.6 is 15.6 Å². The van der Waals surface area contributed by atoms with Crippen LogP contribution in [-0.2, 0) is 65.4 Å². The third-order valence-electron chi connectivity index (χ3n) is 18.6. The Balaban J connectivity index is 5.27. The van der Waals surface area contributed by atoms with Crippen molar-refractivity contribution in [3.63, 3.8) is 0 Å². The van der Waals surface area contributed by atoms with E-state index in [4.69, 9.17) is 37.0 Å². The van der Waals surface area contributed by atoms with Crippen molar-refractivity contribution in [2.75, 3.05) is 39.6 Å². The fourth-order valence-corrected chi connectivity index (χ4v) is 13.9. The van der Waals surface area contributed by atoms with E-state index in [1.165, 1.54) is 225 Å². The second-order valence-corrected chi connectivity index (χ2v) is 33.1. The molecular weight excluding hydrogens is 1290 g/mol. The van der Waals surface area contributed by atoms with E-state index in [1.54, 1.807) is 0 Å². The molecule has 17 nitrogen and oxygen atoms in total. The lowest BCUT2D eigenvalue weighted by molar-refractivity contribution is -0.161. The number of aliphatic hydroxyl groups is 1. The lowest BCUT2D eigenvalue weighted by atomic mass is 10.0. The number of carbonyl (C=O) groups is 4. The van der Waals surface area contributed by atoms with Crippen LogP contribution in [0, 0.1) is 17.8 Å². The van der Waals surface area contributed by atoms with Crippen molar-refractivity contribution in [1.29, 1.82) is 0 Å². The number of phosphoric acid groups is 2. The highest BCUT2D eigenvalue weighted by Gasteiger charge is 2.30. The van der Waals surface area contributed by atoms with E-state index >= 15 is 0 Å². The van der Waals surface area contributed by atoms with Gasteiger partial charge in [-0.1, -0.05) is 363 Å². The van der Waals surface area contributed by atoms with Gasteiger partial charge in [0.1, 0.15) is 19.3 Å². The molecule has 0 amide bonds. The molecule has 99 heavy (non-hydrogen) atoms. The molecule has 0 bridgehead atoms. The number of ether oxygens (including phenoxy) is 4. The molecule has 0 aliphatic carbocycles. The molecule has 0 aromatic heterocycles. The van der Waals surface area contributed by atoms with E-state index in [2.05, 4.69) is 48.5 Å². The Morgan fingerprint density at radius 3 is 0.687 bits per heavy atom. The minimum absolute atomic E-state index is 0.106. The maximum absolute atomic E-state index is 13.1. The summed E-state index contributed by atoms with van der Waals surface area (Å²) in [6, 6.07) is 0. The first-order chi connectivity index (χ1) is 47.7.